The molecule has 0 aliphatic rings. The molecule has 1 heterocycles. The van der Waals surface area contributed by atoms with Gasteiger partial charge in [0.15, 0.2) is 5.84 Å². The fourth-order valence-corrected chi connectivity index (χ4v) is 2.20. The number of nitrogens with one attached hydrogen (secondary N) is 1. The number of hydrogen-bond acceptors (Lipinski definition) is 4. The SMILES string of the molecule is Cc1ccc(C(C)NC(=O)C(C)C(N)=NO)s1. The minimum absolute atomic E-state index is 0.0739. The van der Waals surface area contributed by atoms with Gasteiger partial charge in [0.1, 0.15) is 0 Å². The van der Waals surface area contributed by atoms with Gasteiger partial charge in [-0.15, -0.1) is 11.3 Å². The fraction of sp³-hybridized carbons (Fsp3) is 0.455. The van der Waals surface area contributed by atoms with Crippen LogP contribution >= 0.6 is 11.3 Å². The summed E-state index contributed by atoms with van der Waals surface area (Å²) in [5.74, 6) is -0.973. The molecular weight excluding hydrogens is 238 g/mol. The Bertz CT molecular complexity index is 428. The van der Waals surface area contributed by atoms with Crippen molar-refractivity contribution >= 4 is 23.1 Å². The maximum Gasteiger partial charge on any atom is 0.231 e. The lowest BCUT2D eigenvalue weighted by atomic mass is 10.1. The predicted molar refractivity (Wildman–Crippen MR) is 68.2 cm³/mol. The number of nitrogens with zero attached hydrogens (tertiary/aromatic N) is 1. The van der Waals surface area contributed by atoms with Gasteiger partial charge in [0.05, 0.1) is 12.0 Å². The van der Waals surface area contributed by atoms with Crippen LogP contribution in [0.1, 0.15) is 29.6 Å². The third-order valence-electron chi connectivity index (χ3n) is 2.50. The van der Waals surface area contributed by atoms with E-state index < -0.39 is 5.92 Å². The largest absolute Gasteiger partial charge is 0.409 e. The molecule has 6 heteroatoms. The van der Waals surface area contributed by atoms with E-state index in [1.54, 1.807) is 18.3 Å². The van der Waals surface area contributed by atoms with Gasteiger partial charge in [0.25, 0.3) is 0 Å². The van der Waals surface area contributed by atoms with Gasteiger partial charge in [-0.05, 0) is 32.9 Å². The molecule has 0 fully saturated rings. The first-order chi connectivity index (χ1) is 7.95. The number of thiophene rings is 1. The first-order valence-electron chi connectivity index (χ1n) is 5.29. The summed E-state index contributed by atoms with van der Waals surface area (Å²) < 4.78 is 0. The lowest BCUT2D eigenvalue weighted by Gasteiger charge is -2.15. The molecule has 1 aromatic heterocycles. The molecule has 0 aliphatic heterocycles. The number of nitrogens with two attached hydrogens (primary N) is 1. The van der Waals surface area contributed by atoms with Crippen molar-refractivity contribution in [2.24, 2.45) is 16.8 Å². The minimum atomic E-state index is -0.636. The highest BCUT2D eigenvalue weighted by atomic mass is 32.1. The Morgan fingerprint density at radius 3 is 2.65 bits per heavy atom. The van der Waals surface area contributed by atoms with Gasteiger partial charge in [-0.25, -0.2) is 0 Å². The highest BCUT2D eigenvalue weighted by molar-refractivity contribution is 7.12. The van der Waals surface area contributed by atoms with Crippen molar-refractivity contribution < 1.29 is 10.0 Å². The van der Waals surface area contributed by atoms with E-state index >= 15 is 0 Å². The van der Waals surface area contributed by atoms with Gasteiger partial charge in [0.2, 0.25) is 5.91 Å². The smallest absolute Gasteiger partial charge is 0.231 e. The van der Waals surface area contributed by atoms with E-state index in [-0.39, 0.29) is 17.8 Å². The lowest BCUT2D eigenvalue weighted by molar-refractivity contribution is -0.123. The molecule has 1 amide bonds. The van der Waals surface area contributed by atoms with Gasteiger partial charge in [-0.1, -0.05) is 5.16 Å². The standard InChI is InChI=1S/C11H17N3O2S/c1-6-4-5-9(17-6)8(3)13-11(15)7(2)10(12)14-16/h4-5,7-8,16H,1-3H3,(H2,12,14)(H,13,15). The number of aryl methyl sites for hydroxylation is 1. The number of hydrogen-bond donors (Lipinski definition) is 3. The van der Waals surface area contributed by atoms with Crippen LogP contribution in [0.3, 0.4) is 0 Å². The second-order valence-electron chi connectivity index (χ2n) is 3.93. The number of amidine groups is 1. The van der Waals surface area contributed by atoms with Crippen molar-refractivity contribution in [2.45, 2.75) is 26.8 Å². The average molecular weight is 255 g/mol. The molecular formula is C11H17N3O2S. The number of carbonyl (C=O) groups excluding carboxylic acids is 1. The Hall–Kier alpha value is -1.56. The van der Waals surface area contributed by atoms with Crippen LogP contribution in [0, 0.1) is 12.8 Å². The molecule has 4 N–H and O–H groups in total. The Kier molecular flexibility index (Phi) is 4.51. The molecule has 1 rings (SSSR count). The van der Waals surface area contributed by atoms with Crippen LogP contribution in [-0.2, 0) is 4.79 Å². The lowest BCUT2D eigenvalue weighted by Crippen LogP contribution is -2.38. The van der Waals surface area contributed by atoms with E-state index in [0.717, 1.165) is 4.88 Å². The summed E-state index contributed by atoms with van der Waals surface area (Å²) in [6, 6.07) is 3.92. The monoisotopic (exact) mass is 255 g/mol. The van der Waals surface area contributed by atoms with Crippen LogP contribution in [0.25, 0.3) is 0 Å². The predicted octanol–water partition coefficient (Wildman–Crippen LogP) is 1.62. The molecule has 2 unspecified atom stereocenters. The van der Waals surface area contributed by atoms with E-state index in [1.165, 1.54) is 4.88 Å². The number of rotatable bonds is 4. The van der Waals surface area contributed by atoms with E-state index in [0.29, 0.717) is 0 Å². The molecule has 17 heavy (non-hydrogen) atoms. The maximum absolute atomic E-state index is 11.8. The first kappa shape index (κ1) is 13.5. The van der Waals surface area contributed by atoms with E-state index in [1.807, 2.05) is 26.0 Å². The molecule has 0 bridgehead atoms. The Morgan fingerprint density at radius 2 is 2.18 bits per heavy atom. The van der Waals surface area contributed by atoms with Crippen molar-refractivity contribution in [3.05, 3.63) is 21.9 Å². The van der Waals surface area contributed by atoms with Crippen LogP contribution in [0.5, 0.6) is 0 Å². The molecule has 0 aromatic carbocycles. The molecule has 5 nitrogen and oxygen atoms in total. The van der Waals surface area contributed by atoms with Crippen molar-refractivity contribution in [1.29, 1.82) is 0 Å². The zero-order chi connectivity index (χ0) is 13.0. The van der Waals surface area contributed by atoms with Crippen LogP contribution in [0.15, 0.2) is 17.3 Å². The summed E-state index contributed by atoms with van der Waals surface area (Å²) in [5.41, 5.74) is 5.38. The van der Waals surface area contributed by atoms with Crippen molar-refractivity contribution in [3.63, 3.8) is 0 Å². The zero-order valence-electron chi connectivity index (χ0n) is 10.1. The van der Waals surface area contributed by atoms with Crippen molar-refractivity contribution in [1.82, 2.24) is 5.32 Å². The second-order valence-corrected chi connectivity index (χ2v) is 5.24. The molecule has 0 aliphatic carbocycles. The number of oxime groups is 1. The average Bonchev–Trinajstić information content (AvgIpc) is 2.73. The third kappa shape index (κ3) is 3.45. The summed E-state index contributed by atoms with van der Waals surface area (Å²) in [4.78, 5) is 14.0. The van der Waals surface area contributed by atoms with Gasteiger partial charge >= 0.3 is 0 Å². The van der Waals surface area contributed by atoms with Gasteiger partial charge in [-0.3, -0.25) is 4.79 Å². The van der Waals surface area contributed by atoms with Gasteiger partial charge in [0, 0.05) is 9.75 Å². The molecule has 0 saturated heterocycles. The molecule has 2 atom stereocenters. The normalized spacial score (nSPS) is 15.4. The van der Waals surface area contributed by atoms with Crippen LogP contribution in [0.4, 0.5) is 0 Å². The number of carbonyl (C=O) groups is 1. The topological polar surface area (TPSA) is 87.7 Å². The zero-order valence-corrected chi connectivity index (χ0v) is 10.9. The molecule has 0 spiro atoms. The summed E-state index contributed by atoms with van der Waals surface area (Å²) in [6.45, 7) is 5.51. The van der Waals surface area contributed by atoms with Gasteiger partial charge in [-0.2, -0.15) is 0 Å². The van der Waals surface area contributed by atoms with Crippen LogP contribution in [0.2, 0.25) is 0 Å². The van der Waals surface area contributed by atoms with Crippen molar-refractivity contribution in [3.8, 4) is 0 Å². The Balaban J connectivity index is 2.63. The third-order valence-corrected chi connectivity index (χ3v) is 3.68. The van der Waals surface area contributed by atoms with Crippen LogP contribution in [-0.4, -0.2) is 17.0 Å². The minimum Gasteiger partial charge on any atom is -0.409 e. The Labute approximate surface area is 104 Å². The quantitative estimate of drug-likeness (QED) is 0.330. The fourth-order valence-electron chi connectivity index (χ4n) is 1.32. The van der Waals surface area contributed by atoms with Crippen molar-refractivity contribution in [2.75, 3.05) is 0 Å². The first-order valence-corrected chi connectivity index (χ1v) is 6.11. The summed E-state index contributed by atoms with van der Waals surface area (Å²) in [7, 11) is 0. The van der Waals surface area contributed by atoms with Crippen LogP contribution < -0.4 is 11.1 Å². The Morgan fingerprint density at radius 1 is 1.53 bits per heavy atom. The maximum atomic E-state index is 11.8. The van der Waals surface area contributed by atoms with E-state index in [2.05, 4.69) is 10.5 Å². The summed E-state index contributed by atoms with van der Waals surface area (Å²) >= 11 is 1.64. The van der Waals surface area contributed by atoms with E-state index in [9.17, 15) is 4.79 Å². The molecule has 0 saturated carbocycles. The highest BCUT2D eigenvalue weighted by Crippen LogP contribution is 2.22. The highest BCUT2D eigenvalue weighted by Gasteiger charge is 2.20. The van der Waals surface area contributed by atoms with Gasteiger partial charge < -0.3 is 16.3 Å². The van der Waals surface area contributed by atoms with E-state index in [4.69, 9.17) is 10.9 Å². The summed E-state index contributed by atoms with van der Waals surface area (Å²) in [5, 5.41) is 14.1. The summed E-state index contributed by atoms with van der Waals surface area (Å²) in [6.07, 6.45) is 0. The molecule has 1 aromatic rings. The second kappa shape index (κ2) is 5.67. The molecule has 0 radical (unpaired) electrons. The molecule has 94 valence electrons. The number of amides is 1.